The van der Waals surface area contributed by atoms with E-state index < -0.39 is 0 Å². The Balaban J connectivity index is 0.000000166. The minimum Gasteiger partial charge on any atom is -0.393 e. The van der Waals surface area contributed by atoms with Gasteiger partial charge in [0.2, 0.25) is 0 Å². The lowest BCUT2D eigenvalue weighted by Gasteiger charge is -2.61. The Hall–Kier alpha value is -0.600. The molecule has 0 aromatic rings. The van der Waals surface area contributed by atoms with Gasteiger partial charge in [0.15, 0.2) is 0 Å². The van der Waals surface area contributed by atoms with Crippen molar-refractivity contribution < 1.29 is 10.2 Å². The Morgan fingerprint density at radius 1 is 0.561 bits per heavy atom. The molecule has 0 bridgehead atoms. The molecule has 0 spiro atoms. The summed E-state index contributed by atoms with van der Waals surface area (Å²) in [5, 5.41) is 20.6. The van der Waals surface area contributed by atoms with Crippen molar-refractivity contribution in [3.05, 3.63) is 23.8 Å². The number of allylic oxidation sites excluding steroid dienone is 3. The second-order valence-electron chi connectivity index (χ2n) is 28.9. The molecule has 0 saturated heterocycles. The molecule has 1 unspecified atom stereocenters. The van der Waals surface area contributed by atoms with Gasteiger partial charge in [-0.15, -0.1) is 0 Å². The van der Waals surface area contributed by atoms with Gasteiger partial charge < -0.3 is 10.2 Å². The molecule has 376 valence electrons. The lowest BCUT2D eigenvalue weighted by molar-refractivity contribution is -0.129. The van der Waals surface area contributed by atoms with E-state index in [0.717, 1.165) is 126 Å². The van der Waals surface area contributed by atoms with Gasteiger partial charge in [-0.1, -0.05) is 119 Å². The minimum atomic E-state index is -0.0846. The first-order valence-electron chi connectivity index (χ1n) is 30.2. The summed E-state index contributed by atoms with van der Waals surface area (Å²) in [5.41, 5.74) is 3.68. The average molecular weight is 910 g/mol. The fraction of sp³-hybridized carbons (Fsp3) is 0.938. The molecule has 2 heteroatoms. The maximum atomic E-state index is 10.3. The monoisotopic (exact) mass is 909 g/mol. The van der Waals surface area contributed by atoms with Gasteiger partial charge in [-0.25, -0.2) is 0 Å². The second kappa shape index (κ2) is 20.1. The fourth-order valence-electron chi connectivity index (χ4n) is 21.1. The Morgan fingerprint density at radius 3 is 1.82 bits per heavy atom. The normalized spacial score (nSPS) is 49.9. The number of hydrogen-bond donors (Lipinski definition) is 2. The van der Waals surface area contributed by atoms with Crippen LogP contribution in [0.25, 0.3) is 0 Å². The van der Waals surface area contributed by atoms with Crippen LogP contribution >= 0.6 is 0 Å². The maximum absolute atomic E-state index is 10.3. The smallest absolute Gasteiger partial charge is 0.0577 e. The van der Waals surface area contributed by atoms with Gasteiger partial charge in [0.25, 0.3) is 0 Å². The van der Waals surface area contributed by atoms with Gasteiger partial charge in [-0.3, -0.25) is 0 Å². The molecular formula is C64H108O2. The Bertz CT molecular complexity index is 1660. The molecule has 0 aromatic carbocycles. The largest absolute Gasteiger partial charge is 0.393 e. The van der Waals surface area contributed by atoms with E-state index in [1.807, 2.05) is 0 Å². The summed E-state index contributed by atoms with van der Waals surface area (Å²) in [6.07, 6.45) is 45.2. The maximum Gasteiger partial charge on any atom is 0.0577 e. The van der Waals surface area contributed by atoms with Gasteiger partial charge in [0, 0.05) is 0 Å². The van der Waals surface area contributed by atoms with Crippen LogP contribution in [-0.2, 0) is 0 Å². The zero-order valence-corrected chi connectivity index (χ0v) is 45.2. The zero-order valence-electron chi connectivity index (χ0n) is 45.2. The molecule has 10 aliphatic rings. The van der Waals surface area contributed by atoms with Crippen LogP contribution in [0.2, 0.25) is 0 Å². The molecule has 0 amide bonds. The van der Waals surface area contributed by atoms with Gasteiger partial charge >= 0.3 is 0 Å². The summed E-state index contributed by atoms with van der Waals surface area (Å²) in [5.74, 6) is 15.5. The number of hydrogen-bond acceptors (Lipinski definition) is 2. The topological polar surface area (TPSA) is 40.5 Å². The van der Waals surface area contributed by atoms with E-state index in [0.29, 0.717) is 21.7 Å². The van der Waals surface area contributed by atoms with E-state index in [1.54, 1.807) is 5.57 Å². The highest BCUT2D eigenvalue weighted by atomic mass is 16.3. The quantitative estimate of drug-likeness (QED) is 0.226. The van der Waals surface area contributed by atoms with E-state index in [9.17, 15) is 10.2 Å². The zero-order chi connectivity index (χ0) is 46.8. The van der Waals surface area contributed by atoms with Crippen LogP contribution in [0.5, 0.6) is 0 Å². The van der Waals surface area contributed by atoms with Crippen LogP contribution in [-0.4, -0.2) is 22.4 Å². The highest BCUT2D eigenvalue weighted by molar-refractivity contribution is 5.25. The number of fused-ring (bicyclic) bond motifs is 10. The summed E-state index contributed by atoms with van der Waals surface area (Å²) < 4.78 is 0. The Labute approximate surface area is 409 Å². The SMILES string of the molecule is CC(C)C1CCC(/C=C/[C@@H](C)[C@H]2CC[C@H]3[C@@H]4CC=C5C[C@@H](O)CC[C@]5(C)[C@H]4CC[C@]23C)CC1.CC(C)C1CCC(CC[C@@H](C)[C@H]2CC[C@H]3[C@@H]4CCC5C[C@@H](O)CC[C@]5(C)[C@H]4CC[C@]23C)CC1. The molecule has 10 rings (SSSR count). The Kier molecular flexibility index (Phi) is 15.4. The Morgan fingerprint density at radius 2 is 1.14 bits per heavy atom. The van der Waals surface area contributed by atoms with Crippen molar-refractivity contribution in [1.29, 1.82) is 0 Å². The summed E-state index contributed by atoms with van der Waals surface area (Å²) >= 11 is 0. The second-order valence-corrected chi connectivity index (χ2v) is 28.9. The van der Waals surface area contributed by atoms with E-state index in [4.69, 9.17) is 0 Å². The first-order chi connectivity index (χ1) is 31.4. The average Bonchev–Trinajstić information content (AvgIpc) is 3.85. The van der Waals surface area contributed by atoms with Crippen molar-refractivity contribution in [2.75, 3.05) is 0 Å². The molecule has 9 fully saturated rings. The predicted octanol–water partition coefficient (Wildman–Crippen LogP) is 17.5. The molecule has 17 atom stereocenters. The van der Waals surface area contributed by atoms with Gasteiger partial charge in [0.1, 0.15) is 0 Å². The van der Waals surface area contributed by atoms with E-state index in [1.165, 1.54) is 148 Å². The molecule has 0 radical (unpaired) electrons. The van der Waals surface area contributed by atoms with Crippen LogP contribution < -0.4 is 0 Å². The summed E-state index contributed by atoms with van der Waals surface area (Å²) in [6, 6.07) is 0. The molecule has 0 aromatic heterocycles. The minimum absolute atomic E-state index is 0.00869. The molecule has 10 aliphatic carbocycles. The first kappa shape index (κ1) is 50.3. The lowest BCUT2D eigenvalue weighted by atomic mass is 9.44. The predicted molar refractivity (Wildman–Crippen MR) is 280 cm³/mol. The van der Waals surface area contributed by atoms with E-state index >= 15 is 0 Å². The molecule has 66 heavy (non-hydrogen) atoms. The van der Waals surface area contributed by atoms with Crippen LogP contribution in [0.15, 0.2) is 23.8 Å². The standard InChI is InChI=1S/C32H56O.C32H52O/c2*1-21(2)24-10-8-23(9-11-24)7-6-22(3)28-14-15-29-27-13-12-25-20-26(33)16-18-31(25,4)30(27)17-19-32(28,29)5/h21-30,33H,6-20H2,1-5H3;6-7,12,21-24,26-30,33H,8-11,13-20H2,1-5H3/b;7-6+/t22-,23?,24?,25?,26+,27+,28-,29+,30+,31+,32-;22-,23?,24?,26+,27+,28-,29+,30+,31+,32-/m11/s1. The number of aliphatic hydroxyl groups excluding tert-OH is 2. The molecular weight excluding hydrogens is 801 g/mol. The van der Waals surface area contributed by atoms with Crippen LogP contribution in [0.4, 0.5) is 0 Å². The number of rotatable bonds is 9. The van der Waals surface area contributed by atoms with Gasteiger partial charge in [-0.05, 0) is 270 Å². The molecule has 0 heterocycles. The summed E-state index contributed by atoms with van der Waals surface area (Å²) in [6.45, 7) is 25.5. The highest BCUT2D eigenvalue weighted by Crippen LogP contribution is 2.70. The van der Waals surface area contributed by atoms with Crippen LogP contribution in [0.3, 0.4) is 0 Å². The highest BCUT2D eigenvalue weighted by Gasteiger charge is 2.61. The lowest BCUT2D eigenvalue weighted by Crippen LogP contribution is -2.54. The third-order valence-corrected chi connectivity index (χ3v) is 25.5. The molecule has 9 saturated carbocycles. The first-order valence-corrected chi connectivity index (χ1v) is 30.2. The number of aliphatic hydroxyl groups is 2. The van der Waals surface area contributed by atoms with Crippen molar-refractivity contribution in [3.63, 3.8) is 0 Å². The summed E-state index contributed by atoms with van der Waals surface area (Å²) in [4.78, 5) is 0. The molecule has 2 nitrogen and oxygen atoms in total. The molecule has 0 aliphatic heterocycles. The summed E-state index contributed by atoms with van der Waals surface area (Å²) in [7, 11) is 0. The van der Waals surface area contributed by atoms with Crippen LogP contribution in [0.1, 0.15) is 243 Å². The van der Waals surface area contributed by atoms with Crippen molar-refractivity contribution >= 4 is 0 Å². The van der Waals surface area contributed by atoms with E-state index in [2.05, 4.69) is 87.5 Å². The van der Waals surface area contributed by atoms with Crippen molar-refractivity contribution in [2.45, 2.75) is 255 Å². The van der Waals surface area contributed by atoms with Crippen molar-refractivity contribution in [1.82, 2.24) is 0 Å². The van der Waals surface area contributed by atoms with Gasteiger partial charge in [0.05, 0.1) is 12.2 Å². The third kappa shape index (κ3) is 9.48. The third-order valence-electron chi connectivity index (χ3n) is 25.5. The van der Waals surface area contributed by atoms with Crippen molar-refractivity contribution in [3.8, 4) is 0 Å². The molecule has 2 N–H and O–H groups in total. The van der Waals surface area contributed by atoms with Crippen LogP contribution in [0, 0.1) is 122 Å². The van der Waals surface area contributed by atoms with E-state index in [-0.39, 0.29) is 12.2 Å². The van der Waals surface area contributed by atoms with Gasteiger partial charge in [-0.2, -0.15) is 0 Å². The fourth-order valence-corrected chi connectivity index (χ4v) is 21.1. The van der Waals surface area contributed by atoms with Crippen molar-refractivity contribution in [2.24, 2.45) is 122 Å².